The molecule has 3 aromatic heterocycles. The summed E-state index contributed by atoms with van der Waals surface area (Å²) in [4.78, 5) is 25.8. The average Bonchev–Trinajstić information content (AvgIpc) is 3.27. The maximum atomic E-state index is 13.2. The summed E-state index contributed by atoms with van der Waals surface area (Å²) in [6.07, 6.45) is -2.09. The average molecular weight is 510 g/mol. The Balaban J connectivity index is 2.06. The minimum absolute atomic E-state index is 0.0545. The number of ether oxygens (including phenoxy) is 1. The number of halogens is 3. The minimum atomic E-state index is -4.61. The van der Waals surface area contributed by atoms with E-state index >= 15 is 0 Å². The summed E-state index contributed by atoms with van der Waals surface area (Å²) < 4.78 is 45.4. The Kier molecular flexibility index (Phi) is 7.96. The van der Waals surface area contributed by atoms with Crippen molar-refractivity contribution in [2.24, 2.45) is 0 Å². The largest absolute Gasteiger partial charge is 0.478 e. The van der Waals surface area contributed by atoms with Crippen LogP contribution in [0, 0.1) is 0 Å². The summed E-state index contributed by atoms with van der Waals surface area (Å²) in [7, 11) is 0. The number of anilines is 1. The molecule has 0 radical (unpaired) electrons. The molecule has 0 unspecified atom stereocenters. The Morgan fingerprint density at radius 3 is 2.37 bits per heavy atom. The van der Waals surface area contributed by atoms with E-state index in [1.54, 1.807) is 0 Å². The zero-order valence-corrected chi connectivity index (χ0v) is 20.4. The fourth-order valence-electron chi connectivity index (χ4n) is 3.63. The van der Waals surface area contributed by atoms with Gasteiger partial charge in [0.1, 0.15) is 17.4 Å². The van der Waals surface area contributed by atoms with Crippen molar-refractivity contribution in [1.29, 1.82) is 0 Å². The van der Waals surface area contributed by atoms with Crippen LogP contribution in [0.5, 0.6) is 5.88 Å². The van der Waals surface area contributed by atoms with Gasteiger partial charge in [0.25, 0.3) is 0 Å². The second kappa shape index (κ2) is 10.6. The van der Waals surface area contributed by atoms with Crippen molar-refractivity contribution < 1.29 is 27.8 Å². The van der Waals surface area contributed by atoms with Gasteiger partial charge in [-0.3, -0.25) is 4.90 Å². The number of nitrogens with two attached hydrogens (primary N) is 1. The second-order valence-electron chi connectivity index (χ2n) is 8.35. The molecule has 0 amide bonds. The highest BCUT2D eigenvalue weighted by Crippen LogP contribution is 2.40. The van der Waals surface area contributed by atoms with E-state index in [0.29, 0.717) is 12.1 Å². The molecule has 0 aliphatic heterocycles. The number of rotatable bonds is 9. The predicted molar refractivity (Wildman–Crippen MR) is 127 cm³/mol. The van der Waals surface area contributed by atoms with Crippen LogP contribution in [0.4, 0.5) is 19.0 Å². The molecule has 35 heavy (non-hydrogen) atoms. The number of nitrogen functional groups attached to an aromatic ring is 1. The fourth-order valence-corrected chi connectivity index (χ4v) is 4.48. The normalized spacial score (nSPS) is 12.1. The van der Waals surface area contributed by atoms with Crippen LogP contribution in [0.2, 0.25) is 0 Å². The molecule has 12 heteroatoms. The lowest BCUT2D eigenvalue weighted by atomic mass is 10.0. The van der Waals surface area contributed by atoms with Gasteiger partial charge in [-0.1, -0.05) is 0 Å². The Morgan fingerprint density at radius 2 is 1.80 bits per heavy atom. The van der Waals surface area contributed by atoms with Crippen LogP contribution in [0.3, 0.4) is 0 Å². The van der Waals surface area contributed by atoms with Gasteiger partial charge >= 0.3 is 12.1 Å². The second-order valence-corrected chi connectivity index (χ2v) is 9.20. The Labute approximate surface area is 204 Å². The number of carbonyl (C=O) groups is 1. The molecule has 3 heterocycles. The van der Waals surface area contributed by atoms with Crippen molar-refractivity contribution in [2.45, 2.75) is 46.0 Å². The third-order valence-electron chi connectivity index (χ3n) is 5.25. The maximum Gasteiger partial charge on any atom is 0.434 e. The molecule has 0 aliphatic rings. The molecule has 0 bridgehead atoms. The fraction of sp³-hybridized carbons (Fsp3) is 0.391. The standard InChI is InChI=1S/C23H26F3N5O3S/c1-12(2)31(13(3)4)5-6-34-20-15(7-14(9-29-20)22(32)33)17-10-28-19(27)8-16(17)21-30-18(11-35-21)23(24,25)26/h7-13H,5-6H2,1-4H3,(H2,27,28)(H,32,33). The van der Waals surface area contributed by atoms with Crippen LogP contribution in [-0.2, 0) is 6.18 Å². The molecule has 8 nitrogen and oxygen atoms in total. The molecule has 0 atom stereocenters. The van der Waals surface area contributed by atoms with Crippen LogP contribution in [-0.4, -0.2) is 56.2 Å². The number of nitrogens with zero attached hydrogens (tertiary/aromatic N) is 4. The third-order valence-corrected chi connectivity index (χ3v) is 6.13. The van der Waals surface area contributed by atoms with E-state index in [1.165, 1.54) is 24.5 Å². The minimum Gasteiger partial charge on any atom is -0.478 e. The first-order valence-corrected chi connectivity index (χ1v) is 11.7. The van der Waals surface area contributed by atoms with Crippen molar-refractivity contribution in [3.63, 3.8) is 0 Å². The number of pyridine rings is 2. The van der Waals surface area contributed by atoms with Gasteiger partial charge in [0.05, 0.1) is 5.56 Å². The van der Waals surface area contributed by atoms with Gasteiger partial charge in [-0.15, -0.1) is 11.3 Å². The van der Waals surface area contributed by atoms with E-state index in [4.69, 9.17) is 10.5 Å². The quantitative estimate of drug-likeness (QED) is 0.411. The van der Waals surface area contributed by atoms with Crippen LogP contribution in [0.1, 0.15) is 43.7 Å². The molecule has 188 valence electrons. The van der Waals surface area contributed by atoms with Crippen molar-refractivity contribution >= 4 is 23.1 Å². The summed E-state index contributed by atoms with van der Waals surface area (Å²) in [6.45, 7) is 9.13. The lowest BCUT2D eigenvalue weighted by molar-refractivity contribution is -0.140. The smallest absolute Gasteiger partial charge is 0.434 e. The molecule has 0 aromatic carbocycles. The number of aromatic carboxylic acids is 1. The van der Waals surface area contributed by atoms with Crippen LogP contribution < -0.4 is 10.5 Å². The summed E-state index contributed by atoms with van der Waals surface area (Å²) in [6, 6.07) is 3.30. The van der Waals surface area contributed by atoms with Crippen LogP contribution in [0.25, 0.3) is 21.7 Å². The molecule has 0 spiro atoms. The molecule has 0 saturated heterocycles. The predicted octanol–water partition coefficient (Wildman–Crippen LogP) is 5.06. The molecular weight excluding hydrogens is 483 g/mol. The van der Waals surface area contributed by atoms with Crippen molar-refractivity contribution in [1.82, 2.24) is 19.9 Å². The number of carboxylic acids is 1. The van der Waals surface area contributed by atoms with Gasteiger partial charge in [0.2, 0.25) is 5.88 Å². The number of hydrogen-bond acceptors (Lipinski definition) is 8. The molecule has 3 aromatic rings. The van der Waals surface area contributed by atoms with E-state index in [1.807, 2.05) is 0 Å². The topological polar surface area (TPSA) is 114 Å². The Morgan fingerprint density at radius 1 is 1.11 bits per heavy atom. The highest BCUT2D eigenvalue weighted by atomic mass is 32.1. The maximum absolute atomic E-state index is 13.2. The van der Waals surface area contributed by atoms with Crippen molar-refractivity contribution in [3.8, 4) is 27.6 Å². The molecule has 3 N–H and O–H groups in total. The van der Waals surface area contributed by atoms with Crippen LogP contribution >= 0.6 is 11.3 Å². The number of carboxylic acid groups (broad SMARTS) is 1. The Bertz CT molecular complexity index is 1190. The first-order valence-electron chi connectivity index (χ1n) is 10.8. The van der Waals surface area contributed by atoms with E-state index < -0.39 is 17.8 Å². The molecule has 0 saturated carbocycles. The van der Waals surface area contributed by atoms with Gasteiger partial charge in [-0.2, -0.15) is 13.2 Å². The number of hydrogen-bond donors (Lipinski definition) is 2. The lowest BCUT2D eigenvalue weighted by Crippen LogP contribution is -2.39. The van der Waals surface area contributed by atoms with E-state index in [0.717, 1.165) is 16.7 Å². The molecule has 0 aliphatic carbocycles. The van der Waals surface area contributed by atoms with Crippen molar-refractivity contribution in [2.75, 3.05) is 18.9 Å². The number of alkyl halides is 3. The first kappa shape index (κ1) is 26.4. The highest BCUT2D eigenvalue weighted by Gasteiger charge is 2.34. The number of thiazole rings is 1. The molecular formula is C23H26F3N5O3S. The van der Waals surface area contributed by atoms with E-state index in [-0.39, 0.29) is 52.1 Å². The summed E-state index contributed by atoms with van der Waals surface area (Å²) >= 11 is 0.793. The molecule has 0 fully saturated rings. The first-order chi connectivity index (χ1) is 16.4. The zero-order chi connectivity index (χ0) is 25.9. The highest BCUT2D eigenvalue weighted by molar-refractivity contribution is 7.13. The van der Waals surface area contributed by atoms with E-state index in [9.17, 15) is 23.1 Å². The third kappa shape index (κ3) is 6.25. The van der Waals surface area contributed by atoms with Gasteiger partial charge in [-0.05, 0) is 39.8 Å². The summed E-state index contributed by atoms with van der Waals surface area (Å²) in [5.74, 6) is -1.01. The van der Waals surface area contributed by atoms with Gasteiger partial charge in [-0.25, -0.2) is 19.7 Å². The monoisotopic (exact) mass is 509 g/mol. The zero-order valence-electron chi connectivity index (χ0n) is 19.6. The van der Waals surface area contributed by atoms with Gasteiger partial charge in [0.15, 0.2) is 5.69 Å². The molecule has 3 rings (SSSR count). The summed E-state index contributed by atoms with van der Waals surface area (Å²) in [5.41, 5.74) is 5.50. The van der Waals surface area contributed by atoms with E-state index in [2.05, 4.69) is 47.5 Å². The lowest BCUT2D eigenvalue weighted by Gasteiger charge is -2.30. The van der Waals surface area contributed by atoms with Gasteiger partial charge in [0, 0.05) is 53.1 Å². The summed E-state index contributed by atoms with van der Waals surface area (Å²) in [5, 5.41) is 10.4. The Hall–Kier alpha value is -3.25. The van der Waals surface area contributed by atoms with Crippen LogP contribution in [0.15, 0.2) is 29.9 Å². The van der Waals surface area contributed by atoms with Gasteiger partial charge < -0.3 is 15.6 Å². The number of aromatic nitrogens is 3. The SMILES string of the molecule is CC(C)N(CCOc1ncc(C(=O)O)cc1-c1cnc(N)cc1-c1nc(C(F)(F)F)cs1)C(C)C. The van der Waals surface area contributed by atoms with Crippen molar-refractivity contribution in [3.05, 3.63) is 41.2 Å².